The minimum atomic E-state index is -6.89. The molecule has 0 aliphatic carbocycles. The van der Waals surface area contributed by atoms with E-state index in [1.807, 2.05) is 6.92 Å². The number of alkyl halides is 9. The normalized spacial score (nSPS) is 23.7. The number of anilines is 1. The van der Waals surface area contributed by atoms with Crippen molar-refractivity contribution < 1.29 is 47.9 Å². The van der Waals surface area contributed by atoms with Crippen LogP contribution in [0.3, 0.4) is 0 Å². The molecule has 1 heterocycles. The largest absolute Gasteiger partial charge is 0.460 e. The molecule has 14 heteroatoms. The summed E-state index contributed by atoms with van der Waals surface area (Å²) in [5.41, 5.74) is 0.472. The maximum atomic E-state index is 13.9. The Hall–Kier alpha value is -1.70. The lowest BCUT2D eigenvalue weighted by Crippen LogP contribution is -2.61. The first-order valence-corrected chi connectivity index (χ1v) is 12.0. The smallest absolute Gasteiger partial charge is 0.303 e. The molecular formula is C20H25F9N2O2S. The standard InChI is InChI=1S/C20H25F9N2O2S/c1-13-12-31(10-8-17(21,22)18(23,24)19(25,26)20(27,28)29)9-7-16(13,2)14-5-4-6-15(11-14)30-34(3,32)33/h4-6,11,13,30H,7-10,12H2,1-3H3. The predicted molar refractivity (Wildman–Crippen MR) is 108 cm³/mol. The number of hydrogen-bond acceptors (Lipinski definition) is 3. The van der Waals surface area contributed by atoms with Gasteiger partial charge in [-0.2, -0.15) is 39.5 Å². The number of benzene rings is 1. The fraction of sp³-hybridized carbons (Fsp3) is 0.700. The molecule has 1 N–H and O–H groups in total. The molecule has 0 amide bonds. The Morgan fingerprint density at radius 3 is 2.15 bits per heavy atom. The molecule has 1 saturated heterocycles. The monoisotopic (exact) mass is 528 g/mol. The maximum absolute atomic E-state index is 13.9. The fourth-order valence-electron chi connectivity index (χ4n) is 3.96. The molecule has 4 nitrogen and oxygen atoms in total. The van der Waals surface area contributed by atoms with Gasteiger partial charge in [0.25, 0.3) is 0 Å². The highest BCUT2D eigenvalue weighted by Gasteiger charge is 2.81. The van der Waals surface area contributed by atoms with Gasteiger partial charge in [-0.1, -0.05) is 26.0 Å². The summed E-state index contributed by atoms with van der Waals surface area (Å²) < 4.78 is 143. The van der Waals surface area contributed by atoms with Gasteiger partial charge in [0.1, 0.15) is 0 Å². The molecule has 0 saturated carbocycles. The number of nitrogens with zero attached hydrogens (tertiary/aromatic N) is 1. The zero-order valence-electron chi connectivity index (χ0n) is 18.5. The van der Waals surface area contributed by atoms with Gasteiger partial charge in [0.2, 0.25) is 10.0 Å². The Labute approximate surface area is 191 Å². The zero-order chi connectivity index (χ0) is 26.4. The van der Waals surface area contributed by atoms with Crippen LogP contribution in [0, 0.1) is 5.92 Å². The average molecular weight is 528 g/mol. The molecule has 1 aliphatic heterocycles. The molecule has 0 radical (unpaired) electrons. The number of hydrogen-bond donors (Lipinski definition) is 1. The van der Waals surface area contributed by atoms with Crippen molar-refractivity contribution >= 4 is 15.7 Å². The second-order valence-corrected chi connectivity index (χ2v) is 10.7. The third-order valence-electron chi connectivity index (χ3n) is 6.34. The maximum Gasteiger partial charge on any atom is 0.460 e. The number of rotatable bonds is 8. The van der Waals surface area contributed by atoms with E-state index in [2.05, 4.69) is 4.72 Å². The van der Waals surface area contributed by atoms with E-state index in [1.165, 1.54) is 11.0 Å². The summed E-state index contributed by atoms with van der Waals surface area (Å²) in [6.45, 7) is 2.95. The van der Waals surface area contributed by atoms with Crippen LogP contribution in [0.2, 0.25) is 0 Å². The van der Waals surface area contributed by atoms with Gasteiger partial charge >= 0.3 is 23.9 Å². The molecule has 0 bridgehead atoms. The van der Waals surface area contributed by atoms with Crippen molar-refractivity contribution in [3.05, 3.63) is 29.8 Å². The van der Waals surface area contributed by atoms with Crippen LogP contribution in [0.5, 0.6) is 0 Å². The van der Waals surface area contributed by atoms with E-state index in [4.69, 9.17) is 0 Å². The third kappa shape index (κ3) is 5.58. The van der Waals surface area contributed by atoms with Crippen molar-refractivity contribution in [2.24, 2.45) is 5.92 Å². The van der Waals surface area contributed by atoms with Gasteiger partial charge in [0.05, 0.1) is 6.26 Å². The van der Waals surface area contributed by atoms with Gasteiger partial charge in [-0.3, -0.25) is 4.72 Å². The Morgan fingerprint density at radius 1 is 1.06 bits per heavy atom. The van der Waals surface area contributed by atoms with Crippen LogP contribution >= 0.6 is 0 Å². The SMILES string of the molecule is CC1CN(CCC(F)(F)C(F)(F)C(F)(F)C(F)(F)F)CCC1(C)c1cccc(NS(C)(=O)=O)c1. The second-order valence-electron chi connectivity index (χ2n) is 8.93. The van der Waals surface area contributed by atoms with Gasteiger partial charge < -0.3 is 4.90 Å². The highest BCUT2D eigenvalue weighted by molar-refractivity contribution is 7.92. The first kappa shape index (κ1) is 28.5. The lowest BCUT2D eigenvalue weighted by atomic mass is 9.68. The summed E-state index contributed by atoms with van der Waals surface area (Å²) in [4.78, 5) is 1.31. The lowest BCUT2D eigenvalue weighted by molar-refractivity contribution is -0.396. The number of likely N-dealkylation sites (tertiary alicyclic amines) is 1. The molecule has 2 atom stereocenters. The molecular weight excluding hydrogens is 503 g/mol. The van der Waals surface area contributed by atoms with Crippen LogP contribution in [-0.2, 0) is 15.4 Å². The summed E-state index contributed by atoms with van der Waals surface area (Å²) >= 11 is 0. The topological polar surface area (TPSA) is 49.4 Å². The van der Waals surface area contributed by atoms with E-state index in [0.29, 0.717) is 12.1 Å². The Kier molecular flexibility index (Phi) is 7.61. The molecule has 1 aliphatic rings. The molecule has 1 fully saturated rings. The summed E-state index contributed by atoms with van der Waals surface area (Å²) in [5.74, 6) is -19.4. The van der Waals surface area contributed by atoms with Crippen molar-refractivity contribution in [1.29, 1.82) is 0 Å². The van der Waals surface area contributed by atoms with Gasteiger partial charge in [0, 0.05) is 25.2 Å². The lowest BCUT2D eigenvalue weighted by Gasteiger charge is -2.45. The summed E-state index contributed by atoms with van der Waals surface area (Å²) in [6, 6.07) is 6.51. The Balaban J connectivity index is 2.11. The first-order chi connectivity index (χ1) is 15.1. The van der Waals surface area contributed by atoms with Crippen LogP contribution in [-0.4, -0.2) is 63.2 Å². The van der Waals surface area contributed by atoms with Crippen LogP contribution in [0.4, 0.5) is 45.2 Å². The predicted octanol–water partition coefficient (Wildman–Crippen LogP) is 5.52. The van der Waals surface area contributed by atoms with Crippen LogP contribution in [0.1, 0.15) is 32.3 Å². The van der Waals surface area contributed by atoms with Crippen molar-refractivity contribution in [2.75, 3.05) is 30.6 Å². The molecule has 196 valence electrons. The van der Waals surface area contributed by atoms with Gasteiger partial charge in [0.15, 0.2) is 0 Å². The van der Waals surface area contributed by atoms with E-state index in [0.717, 1.165) is 11.8 Å². The first-order valence-electron chi connectivity index (χ1n) is 10.1. The van der Waals surface area contributed by atoms with Crippen LogP contribution < -0.4 is 4.72 Å². The average Bonchev–Trinajstić information content (AvgIpc) is 2.66. The summed E-state index contributed by atoms with van der Waals surface area (Å²) in [6.07, 6.45) is -7.42. The van der Waals surface area contributed by atoms with Gasteiger partial charge in [-0.25, -0.2) is 8.42 Å². The number of piperidine rings is 1. The molecule has 34 heavy (non-hydrogen) atoms. The number of nitrogens with one attached hydrogen (secondary N) is 1. The minimum absolute atomic E-state index is 0.0809. The van der Waals surface area contributed by atoms with Gasteiger partial charge in [-0.05, 0) is 42.0 Å². The molecule has 2 unspecified atom stereocenters. The zero-order valence-corrected chi connectivity index (χ0v) is 19.3. The Morgan fingerprint density at radius 2 is 1.65 bits per heavy atom. The van der Waals surface area contributed by atoms with Crippen molar-refractivity contribution in [3.63, 3.8) is 0 Å². The highest BCUT2D eigenvalue weighted by atomic mass is 32.2. The van der Waals surface area contributed by atoms with E-state index >= 15 is 0 Å². The number of halogens is 9. The molecule has 0 aromatic heterocycles. The Bertz CT molecular complexity index is 983. The van der Waals surface area contributed by atoms with Crippen molar-refractivity contribution in [1.82, 2.24) is 4.90 Å². The molecule has 0 spiro atoms. The van der Waals surface area contributed by atoms with E-state index in [9.17, 15) is 47.9 Å². The second kappa shape index (κ2) is 9.07. The van der Waals surface area contributed by atoms with Crippen molar-refractivity contribution in [3.8, 4) is 0 Å². The van der Waals surface area contributed by atoms with E-state index in [-0.39, 0.29) is 19.0 Å². The van der Waals surface area contributed by atoms with Crippen LogP contribution in [0.15, 0.2) is 24.3 Å². The van der Waals surface area contributed by atoms with Crippen LogP contribution in [0.25, 0.3) is 0 Å². The molecule has 2 rings (SSSR count). The summed E-state index contributed by atoms with van der Waals surface area (Å²) in [5, 5.41) is 0. The van der Waals surface area contributed by atoms with E-state index in [1.54, 1.807) is 25.1 Å². The quantitative estimate of drug-likeness (QED) is 0.453. The highest BCUT2D eigenvalue weighted by Crippen LogP contribution is 2.54. The van der Waals surface area contributed by atoms with Crippen molar-refractivity contribution in [2.45, 2.75) is 56.0 Å². The summed E-state index contributed by atoms with van der Waals surface area (Å²) in [7, 11) is -3.53. The van der Waals surface area contributed by atoms with E-state index < -0.39 is 52.3 Å². The minimum Gasteiger partial charge on any atom is -0.303 e. The van der Waals surface area contributed by atoms with Gasteiger partial charge in [-0.15, -0.1) is 0 Å². The molecule has 1 aromatic rings. The third-order valence-corrected chi connectivity index (χ3v) is 6.95. The number of sulfonamides is 1. The fourth-order valence-corrected chi connectivity index (χ4v) is 4.52. The molecule has 1 aromatic carbocycles.